The zero-order valence-electron chi connectivity index (χ0n) is 18.2. The van der Waals surface area contributed by atoms with Crippen molar-refractivity contribution >= 4 is 12.4 Å². The molecule has 4 aliphatic heterocycles. The Labute approximate surface area is 187 Å². The number of aromatic nitrogens is 1. The molecule has 4 aliphatic rings. The van der Waals surface area contributed by atoms with E-state index in [1.54, 1.807) is 10.6 Å². The SMILES string of the molecule is O=C([C@H]1[C@H]2C[C@H](CN(CCC3OCCCO3)C2)c2cccc(=O)n21)N1CC=CC1.O=CO. The second-order valence-corrected chi connectivity index (χ2v) is 8.69. The molecule has 0 saturated carbocycles. The number of carbonyl (C=O) groups excluding carboxylic acids is 1. The molecule has 1 N–H and O–H groups in total. The first-order valence-electron chi connectivity index (χ1n) is 11.3. The minimum absolute atomic E-state index is 0.0554. The molecule has 5 heterocycles. The highest BCUT2D eigenvalue weighted by Crippen LogP contribution is 2.42. The number of piperidine rings is 1. The number of amides is 1. The molecule has 5 rings (SSSR count). The maximum absolute atomic E-state index is 13.4. The molecule has 0 radical (unpaired) electrons. The predicted molar refractivity (Wildman–Crippen MR) is 116 cm³/mol. The third-order valence-corrected chi connectivity index (χ3v) is 6.68. The Morgan fingerprint density at radius 1 is 1.16 bits per heavy atom. The van der Waals surface area contributed by atoms with Crippen molar-refractivity contribution in [1.82, 2.24) is 14.4 Å². The van der Waals surface area contributed by atoms with Crippen LogP contribution in [0, 0.1) is 5.92 Å². The third kappa shape index (κ3) is 4.79. The van der Waals surface area contributed by atoms with Gasteiger partial charge < -0.3 is 24.4 Å². The van der Waals surface area contributed by atoms with E-state index in [0.717, 1.165) is 57.8 Å². The van der Waals surface area contributed by atoms with E-state index in [9.17, 15) is 9.59 Å². The zero-order chi connectivity index (χ0) is 22.5. The van der Waals surface area contributed by atoms with Crippen LogP contribution >= 0.6 is 0 Å². The summed E-state index contributed by atoms with van der Waals surface area (Å²) in [6.07, 6.45) is 6.70. The number of hydrogen-bond donors (Lipinski definition) is 1. The van der Waals surface area contributed by atoms with E-state index in [4.69, 9.17) is 19.4 Å². The molecule has 3 atom stereocenters. The van der Waals surface area contributed by atoms with E-state index >= 15 is 0 Å². The van der Waals surface area contributed by atoms with Crippen molar-refractivity contribution in [2.75, 3.05) is 45.9 Å². The molecule has 0 spiro atoms. The molecule has 2 fully saturated rings. The lowest BCUT2D eigenvalue weighted by atomic mass is 9.78. The van der Waals surface area contributed by atoms with Crippen LogP contribution < -0.4 is 5.56 Å². The lowest BCUT2D eigenvalue weighted by Crippen LogP contribution is -2.54. The predicted octanol–water partition coefficient (Wildman–Crippen LogP) is 1.06. The lowest BCUT2D eigenvalue weighted by molar-refractivity contribution is -0.183. The molecule has 0 aromatic carbocycles. The summed E-state index contributed by atoms with van der Waals surface area (Å²) in [5.74, 6) is 0.521. The zero-order valence-corrected chi connectivity index (χ0v) is 18.2. The molecule has 2 bridgehead atoms. The van der Waals surface area contributed by atoms with Gasteiger partial charge >= 0.3 is 0 Å². The number of likely N-dealkylation sites (tertiary alicyclic amines) is 1. The van der Waals surface area contributed by atoms with Crippen molar-refractivity contribution in [2.45, 2.75) is 37.5 Å². The van der Waals surface area contributed by atoms with Crippen molar-refractivity contribution in [2.24, 2.45) is 5.92 Å². The summed E-state index contributed by atoms with van der Waals surface area (Å²) in [5, 5.41) is 6.89. The van der Waals surface area contributed by atoms with Crippen molar-refractivity contribution in [3.05, 3.63) is 46.4 Å². The molecular formula is C23H31N3O6. The van der Waals surface area contributed by atoms with Crippen LogP contribution in [0.3, 0.4) is 0 Å². The fourth-order valence-electron chi connectivity index (χ4n) is 5.36. The molecular weight excluding hydrogens is 414 g/mol. The van der Waals surface area contributed by atoms with Gasteiger partial charge in [0.15, 0.2) is 6.29 Å². The van der Waals surface area contributed by atoms with Gasteiger partial charge in [0.25, 0.3) is 12.0 Å². The average Bonchev–Trinajstić information content (AvgIpc) is 3.35. The molecule has 2 saturated heterocycles. The summed E-state index contributed by atoms with van der Waals surface area (Å²) < 4.78 is 13.2. The summed E-state index contributed by atoms with van der Waals surface area (Å²) in [4.78, 5) is 38.8. The maximum atomic E-state index is 13.4. The third-order valence-electron chi connectivity index (χ3n) is 6.68. The van der Waals surface area contributed by atoms with Crippen molar-refractivity contribution in [3.63, 3.8) is 0 Å². The number of hydrogen-bond acceptors (Lipinski definition) is 6. The van der Waals surface area contributed by atoms with E-state index in [1.807, 2.05) is 29.2 Å². The Balaban J connectivity index is 0.000000775. The summed E-state index contributed by atoms with van der Waals surface area (Å²) in [7, 11) is 0. The van der Waals surface area contributed by atoms with E-state index < -0.39 is 6.04 Å². The van der Waals surface area contributed by atoms with E-state index in [2.05, 4.69) is 4.90 Å². The second-order valence-electron chi connectivity index (χ2n) is 8.69. The van der Waals surface area contributed by atoms with E-state index in [0.29, 0.717) is 13.1 Å². The first-order chi connectivity index (χ1) is 15.6. The smallest absolute Gasteiger partial charge is 0.290 e. The van der Waals surface area contributed by atoms with Gasteiger partial charge in [0.1, 0.15) is 6.04 Å². The Morgan fingerprint density at radius 3 is 2.59 bits per heavy atom. The van der Waals surface area contributed by atoms with Gasteiger partial charge in [-0.15, -0.1) is 0 Å². The Morgan fingerprint density at radius 2 is 1.88 bits per heavy atom. The van der Waals surface area contributed by atoms with Crippen LogP contribution in [-0.4, -0.2) is 84.1 Å². The second kappa shape index (κ2) is 10.4. The van der Waals surface area contributed by atoms with Crippen LogP contribution in [0.1, 0.15) is 36.9 Å². The Bertz CT molecular complexity index is 886. The highest BCUT2D eigenvalue weighted by Gasteiger charge is 2.44. The number of carboxylic acid groups (broad SMARTS) is 1. The van der Waals surface area contributed by atoms with Crippen molar-refractivity contribution in [1.29, 1.82) is 0 Å². The van der Waals surface area contributed by atoms with Gasteiger partial charge in [-0.1, -0.05) is 18.2 Å². The minimum atomic E-state index is -0.403. The van der Waals surface area contributed by atoms with Gasteiger partial charge in [0.2, 0.25) is 5.91 Å². The standard InChI is InChI=1S/C22H29N3O4.CH2O2/c26-19-6-3-5-18-16-13-17(21(25(18)19)22(27)24-8-1-2-9-24)15-23(14-16)10-7-20-28-11-4-12-29-20;2-1-3/h1-3,5-6,16-17,20-21H,4,7-15H2;1H,(H,2,3)/t16-,17+,21-;/m1./s1. The molecule has 32 heavy (non-hydrogen) atoms. The van der Waals surface area contributed by atoms with Crippen molar-refractivity contribution in [3.8, 4) is 0 Å². The number of rotatable bonds is 4. The van der Waals surface area contributed by atoms with Crippen LogP contribution in [0.4, 0.5) is 0 Å². The first kappa shape index (κ1) is 22.7. The lowest BCUT2D eigenvalue weighted by Gasteiger charge is -2.47. The Kier molecular flexibility index (Phi) is 7.39. The number of carbonyl (C=O) groups is 2. The first-order valence-corrected chi connectivity index (χ1v) is 11.3. The number of ether oxygens (including phenoxy) is 2. The van der Waals surface area contributed by atoms with Crippen LogP contribution in [-0.2, 0) is 19.1 Å². The molecule has 9 nitrogen and oxygen atoms in total. The summed E-state index contributed by atoms with van der Waals surface area (Å²) in [6, 6.07) is 5.04. The number of nitrogens with zero attached hydrogens (tertiary/aromatic N) is 3. The van der Waals surface area contributed by atoms with E-state index in [-0.39, 0.29) is 36.1 Å². The molecule has 174 valence electrons. The molecule has 0 unspecified atom stereocenters. The maximum Gasteiger partial charge on any atom is 0.290 e. The fraction of sp³-hybridized carbons (Fsp3) is 0.609. The molecule has 1 amide bonds. The van der Waals surface area contributed by atoms with Crippen LogP contribution in [0.25, 0.3) is 0 Å². The quantitative estimate of drug-likeness (QED) is 0.546. The normalized spacial score (nSPS) is 27.4. The summed E-state index contributed by atoms with van der Waals surface area (Å²) >= 11 is 0. The summed E-state index contributed by atoms with van der Waals surface area (Å²) in [5.41, 5.74) is 0.953. The molecule has 1 aromatic heterocycles. The van der Waals surface area contributed by atoms with Gasteiger partial charge in [-0.2, -0.15) is 0 Å². The van der Waals surface area contributed by atoms with Crippen LogP contribution in [0.2, 0.25) is 0 Å². The average molecular weight is 446 g/mol. The minimum Gasteiger partial charge on any atom is -0.483 e. The highest BCUT2D eigenvalue weighted by molar-refractivity contribution is 5.82. The number of pyridine rings is 1. The van der Waals surface area contributed by atoms with Crippen molar-refractivity contribution < 1.29 is 24.2 Å². The van der Waals surface area contributed by atoms with Gasteiger partial charge in [0, 0.05) is 62.7 Å². The highest BCUT2D eigenvalue weighted by atomic mass is 16.7. The van der Waals surface area contributed by atoms with E-state index in [1.165, 1.54) is 0 Å². The van der Waals surface area contributed by atoms with Gasteiger partial charge in [-0.25, -0.2) is 0 Å². The van der Waals surface area contributed by atoms with Crippen LogP contribution in [0.5, 0.6) is 0 Å². The van der Waals surface area contributed by atoms with Gasteiger partial charge in [-0.3, -0.25) is 19.0 Å². The largest absolute Gasteiger partial charge is 0.483 e. The monoisotopic (exact) mass is 445 g/mol. The topological polar surface area (TPSA) is 101 Å². The molecule has 0 aliphatic carbocycles. The van der Waals surface area contributed by atoms with Crippen LogP contribution in [0.15, 0.2) is 35.1 Å². The number of fused-ring (bicyclic) bond motifs is 4. The fourth-order valence-corrected chi connectivity index (χ4v) is 5.36. The Hall–Kier alpha value is -2.49. The summed E-state index contributed by atoms with van der Waals surface area (Å²) in [6.45, 7) is 5.21. The molecule has 9 heteroatoms. The molecule has 1 aromatic rings. The van der Waals surface area contributed by atoms with Gasteiger partial charge in [-0.05, 0) is 18.9 Å². The van der Waals surface area contributed by atoms with Gasteiger partial charge in [0.05, 0.1) is 13.2 Å².